The van der Waals surface area contributed by atoms with E-state index in [2.05, 4.69) is 5.32 Å². The molecule has 1 aliphatic heterocycles. The highest BCUT2D eigenvalue weighted by Gasteiger charge is 2.56. The molecule has 1 saturated carbocycles. The minimum atomic E-state index is -1.14. The van der Waals surface area contributed by atoms with Crippen molar-refractivity contribution in [3.8, 4) is 0 Å². The Morgan fingerprint density at radius 1 is 1.42 bits per heavy atom. The van der Waals surface area contributed by atoms with Gasteiger partial charge < -0.3 is 19.9 Å². The maximum atomic E-state index is 11.7. The molecular formula is C13H21NO5. The van der Waals surface area contributed by atoms with Crippen molar-refractivity contribution in [3.63, 3.8) is 0 Å². The van der Waals surface area contributed by atoms with E-state index in [1.54, 1.807) is 0 Å². The van der Waals surface area contributed by atoms with Crippen LogP contribution in [0.3, 0.4) is 0 Å². The van der Waals surface area contributed by atoms with Gasteiger partial charge in [0.2, 0.25) is 5.91 Å². The van der Waals surface area contributed by atoms with Crippen LogP contribution in [-0.4, -0.2) is 50.0 Å². The first-order chi connectivity index (χ1) is 9.15. The molecule has 0 aromatic carbocycles. The third kappa shape index (κ3) is 3.67. The van der Waals surface area contributed by atoms with Gasteiger partial charge in [-0.1, -0.05) is 0 Å². The third-order valence-corrected chi connectivity index (χ3v) is 3.72. The van der Waals surface area contributed by atoms with E-state index >= 15 is 0 Å². The fourth-order valence-corrected chi connectivity index (χ4v) is 2.17. The SMILES string of the molecule is O=C(O)C1(C(=O)NCCCOCC2CCOC2)CC1. The van der Waals surface area contributed by atoms with Gasteiger partial charge in [-0.05, 0) is 25.7 Å². The van der Waals surface area contributed by atoms with Crippen LogP contribution in [-0.2, 0) is 19.1 Å². The fraction of sp³-hybridized carbons (Fsp3) is 0.846. The molecule has 1 unspecified atom stereocenters. The van der Waals surface area contributed by atoms with Gasteiger partial charge in [0.25, 0.3) is 0 Å². The van der Waals surface area contributed by atoms with E-state index in [-0.39, 0.29) is 5.91 Å². The molecule has 0 radical (unpaired) electrons. The second-order valence-corrected chi connectivity index (χ2v) is 5.30. The number of nitrogens with one attached hydrogen (secondary N) is 1. The Bertz CT molecular complexity index is 334. The van der Waals surface area contributed by atoms with Crippen LogP contribution in [0, 0.1) is 11.3 Å². The normalized spacial score (nSPS) is 24.1. The van der Waals surface area contributed by atoms with Crippen LogP contribution in [0.15, 0.2) is 0 Å². The molecule has 1 aliphatic carbocycles. The van der Waals surface area contributed by atoms with Gasteiger partial charge in [0.1, 0.15) is 5.41 Å². The largest absolute Gasteiger partial charge is 0.480 e. The summed E-state index contributed by atoms with van der Waals surface area (Å²) in [6.07, 6.45) is 2.66. The van der Waals surface area contributed by atoms with Gasteiger partial charge in [0.15, 0.2) is 0 Å². The minimum absolute atomic E-state index is 0.357. The van der Waals surface area contributed by atoms with E-state index in [0.29, 0.717) is 44.9 Å². The average molecular weight is 271 g/mol. The Labute approximate surface area is 112 Å². The monoisotopic (exact) mass is 271 g/mol. The summed E-state index contributed by atoms with van der Waals surface area (Å²) in [5.74, 6) is -0.872. The van der Waals surface area contributed by atoms with Gasteiger partial charge in [-0.2, -0.15) is 0 Å². The minimum Gasteiger partial charge on any atom is -0.480 e. The number of carboxylic acids is 1. The van der Waals surface area contributed by atoms with Crippen molar-refractivity contribution < 1.29 is 24.2 Å². The van der Waals surface area contributed by atoms with E-state index in [9.17, 15) is 9.59 Å². The summed E-state index contributed by atoms with van der Waals surface area (Å²) >= 11 is 0. The second-order valence-electron chi connectivity index (χ2n) is 5.30. The van der Waals surface area contributed by atoms with Crippen LogP contribution in [0.2, 0.25) is 0 Å². The van der Waals surface area contributed by atoms with Gasteiger partial charge >= 0.3 is 5.97 Å². The number of aliphatic carboxylic acids is 1. The Balaban J connectivity index is 1.50. The molecule has 108 valence electrons. The molecule has 0 spiro atoms. The molecule has 1 amide bonds. The zero-order valence-electron chi connectivity index (χ0n) is 11.0. The highest BCUT2D eigenvalue weighted by molar-refractivity contribution is 6.04. The molecule has 0 aromatic heterocycles. The lowest BCUT2D eigenvalue weighted by Crippen LogP contribution is -2.37. The summed E-state index contributed by atoms with van der Waals surface area (Å²) in [5, 5.41) is 11.6. The first-order valence-corrected chi connectivity index (χ1v) is 6.82. The Hall–Kier alpha value is -1.14. The van der Waals surface area contributed by atoms with Crippen LogP contribution in [0.1, 0.15) is 25.7 Å². The number of hydrogen-bond acceptors (Lipinski definition) is 4. The molecular weight excluding hydrogens is 250 g/mol. The predicted molar refractivity (Wildman–Crippen MR) is 66.7 cm³/mol. The molecule has 0 bridgehead atoms. The van der Waals surface area contributed by atoms with Crippen molar-refractivity contribution in [3.05, 3.63) is 0 Å². The van der Waals surface area contributed by atoms with Crippen LogP contribution in [0.25, 0.3) is 0 Å². The van der Waals surface area contributed by atoms with Crippen molar-refractivity contribution in [2.45, 2.75) is 25.7 Å². The maximum Gasteiger partial charge on any atom is 0.319 e. The van der Waals surface area contributed by atoms with E-state index in [1.165, 1.54) is 0 Å². The van der Waals surface area contributed by atoms with Crippen molar-refractivity contribution in [1.29, 1.82) is 0 Å². The van der Waals surface area contributed by atoms with Crippen molar-refractivity contribution in [2.24, 2.45) is 11.3 Å². The van der Waals surface area contributed by atoms with Gasteiger partial charge in [0.05, 0.1) is 13.2 Å². The topological polar surface area (TPSA) is 84.9 Å². The number of carboxylic acid groups (broad SMARTS) is 1. The van der Waals surface area contributed by atoms with Gasteiger partial charge in [-0.3, -0.25) is 9.59 Å². The quantitative estimate of drug-likeness (QED) is 0.493. The van der Waals surface area contributed by atoms with Crippen molar-refractivity contribution in [1.82, 2.24) is 5.32 Å². The summed E-state index contributed by atoms with van der Waals surface area (Å²) in [7, 11) is 0. The van der Waals surface area contributed by atoms with Crippen LogP contribution in [0.5, 0.6) is 0 Å². The summed E-state index contributed by atoms with van der Waals surface area (Å²) in [4.78, 5) is 22.6. The number of carbonyl (C=O) groups excluding carboxylic acids is 1. The number of rotatable bonds is 8. The van der Waals surface area contributed by atoms with Crippen LogP contribution in [0.4, 0.5) is 0 Å². The molecule has 2 N–H and O–H groups in total. The molecule has 19 heavy (non-hydrogen) atoms. The van der Waals surface area contributed by atoms with Gasteiger partial charge in [0, 0.05) is 25.7 Å². The zero-order chi connectivity index (χ0) is 13.7. The van der Waals surface area contributed by atoms with Gasteiger partial charge in [-0.15, -0.1) is 0 Å². The first-order valence-electron chi connectivity index (χ1n) is 6.82. The highest BCUT2D eigenvalue weighted by Crippen LogP contribution is 2.45. The van der Waals surface area contributed by atoms with Crippen molar-refractivity contribution in [2.75, 3.05) is 33.0 Å². The lowest BCUT2D eigenvalue weighted by Gasteiger charge is -2.11. The summed E-state index contributed by atoms with van der Waals surface area (Å²) in [6, 6.07) is 0. The Kier molecular flexibility index (Phi) is 4.76. The molecule has 2 fully saturated rings. The van der Waals surface area contributed by atoms with Crippen LogP contribution >= 0.6 is 0 Å². The molecule has 2 aliphatic rings. The number of amides is 1. The lowest BCUT2D eigenvalue weighted by molar-refractivity contribution is -0.149. The maximum absolute atomic E-state index is 11.7. The zero-order valence-corrected chi connectivity index (χ0v) is 11.0. The highest BCUT2D eigenvalue weighted by atomic mass is 16.5. The number of hydrogen-bond donors (Lipinski definition) is 2. The van der Waals surface area contributed by atoms with Gasteiger partial charge in [-0.25, -0.2) is 0 Å². The number of carbonyl (C=O) groups is 2. The molecule has 1 atom stereocenters. The molecule has 0 aromatic rings. The molecule has 2 rings (SSSR count). The second kappa shape index (κ2) is 6.34. The summed E-state index contributed by atoms with van der Waals surface area (Å²) < 4.78 is 10.7. The third-order valence-electron chi connectivity index (χ3n) is 3.72. The lowest BCUT2D eigenvalue weighted by atomic mass is 10.1. The van der Waals surface area contributed by atoms with Crippen molar-refractivity contribution >= 4 is 11.9 Å². The Morgan fingerprint density at radius 2 is 2.21 bits per heavy atom. The summed E-state index contributed by atoms with van der Waals surface area (Å²) in [5.41, 5.74) is -1.14. The number of ether oxygens (including phenoxy) is 2. The summed E-state index contributed by atoms with van der Waals surface area (Å²) in [6.45, 7) is 3.35. The molecule has 1 saturated heterocycles. The van der Waals surface area contributed by atoms with E-state index in [1.807, 2.05) is 0 Å². The molecule has 6 heteroatoms. The van der Waals surface area contributed by atoms with E-state index in [0.717, 1.165) is 19.6 Å². The molecule has 6 nitrogen and oxygen atoms in total. The van der Waals surface area contributed by atoms with Crippen LogP contribution < -0.4 is 5.32 Å². The average Bonchev–Trinajstić information content (AvgIpc) is 3.05. The Morgan fingerprint density at radius 3 is 2.79 bits per heavy atom. The standard InChI is InChI=1S/C13H21NO5/c15-11(13(3-4-13)12(16)17)14-5-1-6-18-8-10-2-7-19-9-10/h10H,1-9H2,(H,14,15)(H,16,17). The first kappa shape index (κ1) is 14.3. The smallest absolute Gasteiger partial charge is 0.319 e. The fourth-order valence-electron chi connectivity index (χ4n) is 2.17. The molecule has 1 heterocycles. The predicted octanol–water partition coefficient (Wildman–Crippen LogP) is 0.411. The van der Waals surface area contributed by atoms with E-state index < -0.39 is 11.4 Å². The van der Waals surface area contributed by atoms with E-state index in [4.69, 9.17) is 14.6 Å².